The fraction of sp³-hybridized carbons (Fsp3) is 0.429. The van der Waals surface area contributed by atoms with Gasteiger partial charge >= 0.3 is 0 Å². The Balaban J connectivity index is 1.87. The molecule has 0 unspecified atom stereocenters. The molecule has 1 aliphatic heterocycles. The van der Waals surface area contributed by atoms with Crippen LogP contribution in [0.4, 0.5) is 0 Å². The lowest BCUT2D eigenvalue weighted by atomic mass is 10.3. The molecule has 1 fully saturated rings. The van der Waals surface area contributed by atoms with Crippen molar-refractivity contribution in [2.75, 3.05) is 26.2 Å². The standard InChI is InChI=1S/C14H18N2O2S/c1-12(19-13-5-3-2-4-6-13)14(18)16-9-7-15(11-17)8-10-16/h2-6,11-12H,7-10H2,1H3/t12-/m0/s1. The molecule has 1 atom stereocenters. The highest BCUT2D eigenvalue weighted by Crippen LogP contribution is 2.24. The zero-order chi connectivity index (χ0) is 13.7. The van der Waals surface area contributed by atoms with Gasteiger partial charge in [-0.1, -0.05) is 18.2 Å². The lowest BCUT2D eigenvalue weighted by Gasteiger charge is -2.33. The van der Waals surface area contributed by atoms with Gasteiger partial charge in [0, 0.05) is 31.1 Å². The van der Waals surface area contributed by atoms with Crippen LogP contribution in [0.2, 0.25) is 0 Å². The Labute approximate surface area is 117 Å². The van der Waals surface area contributed by atoms with E-state index in [0.717, 1.165) is 11.3 Å². The molecule has 102 valence electrons. The molecular formula is C14H18N2O2S. The van der Waals surface area contributed by atoms with E-state index >= 15 is 0 Å². The van der Waals surface area contributed by atoms with Crippen LogP contribution in [0.5, 0.6) is 0 Å². The molecular weight excluding hydrogens is 260 g/mol. The molecule has 5 heteroatoms. The van der Waals surface area contributed by atoms with Gasteiger partial charge in [0.25, 0.3) is 0 Å². The average molecular weight is 278 g/mol. The molecule has 0 N–H and O–H groups in total. The van der Waals surface area contributed by atoms with E-state index in [0.29, 0.717) is 26.2 Å². The number of carbonyl (C=O) groups excluding carboxylic acids is 2. The van der Waals surface area contributed by atoms with Crippen molar-refractivity contribution in [1.82, 2.24) is 9.80 Å². The normalized spacial score (nSPS) is 17.1. The smallest absolute Gasteiger partial charge is 0.235 e. The van der Waals surface area contributed by atoms with Gasteiger partial charge in [-0.15, -0.1) is 11.8 Å². The molecule has 1 aliphatic rings. The number of hydrogen-bond acceptors (Lipinski definition) is 3. The second-order valence-corrected chi connectivity index (χ2v) is 5.95. The molecule has 19 heavy (non-hydrogen) atoms. The number of piperazine rings is 1. The summed E-state index contributed by atoms with van der Waals surface area (Å²) in [5, 5.41) is -0.0924. The van der Waals surface area contributed by atoms with E-state index in [1.54, 1.807) is 16.7 Å². The first kappa shape index (κ1) is 13.9. The average Bonchev–Trinajstić information content (AvgIpc) is 2.47. The van der Waals surface area contributed by atoms with Crippen molar-refractivity contribution >= 4 is 24.1 Å². The van der Waals surface area contributed by atoms with Crippen LogP contribution in [0.25, 0.3) is 0 Å². The van der Waals surface area contributed by atoms with Crippen LogP contribution < -0.4 is 0 Å². The highest BCUT2D eigenvalue weighted by Gasteiger charge is 2.24. The molecule has 1 heterocycles. The van der Waals surface area contributed by atoms with E-state index in [1.165, 1.54) is 0 Å². The summed E-state index contributed by atoms with van der Waals surface area (Å²) in [5.41, 5.74) is 0. The van der Waals surface area contributed by atoms with Gasteiger partial charge < -0.3 is 9.80 Å². The summed E-state index contributed by atoms with van der Waals surface area (Å²) >= 11 is 1.58. The van der Waals surface area contributed by atoms with Crippen molar-refractivity contribution in [1.29, 1.82) is 0 Å². The van der Waals surface area contributed by atoms with Crippen LogP contribution in [0.1, 0.15) is 6.92 Å². The Bertz CT molecular complexity index is 430. The van der Waals surface area contributed by atoms with Gasteiger partial charge in [-0.25, -0.2) is 0 Å². The van der Waals surface area contributed by atoms with Crippen molar-refractivity contribution in [2.45, 2.75) is 17.1 Å². The number of benzene rings is 1. The van der Waals surface area contributed by atoms with Crippen LogP contribution in [0.15, 0.2) is 35.2 Å². The van der Waals surface area contributed by atoms with Gasteiger partial charge in [0.15, 0.2) is 0 Å². The first-order chi connectivity index (χ1) is 9.20. The molecule has 0 bridgehead atoms. The molecule has 4 nitrogen and oxygen atoms in total. The maximum atomic E-state index is 12.3. The van der Waals surface area contributed by atoms with E-state index in [9.17, 15) is 9.59 Å². The minimum absolute atomic E-state index is 0.0924. The Hall–Kier alpha value is -1.49. The first-order valence-corrected chi connectivity index (χ1v) is 7.28. The van der Waals surface area contributed by atoms with Gasteiger partial charge in [0.1, 0.15) is 0 Å². The SMILES string of the molecule is C[C@H](Sc1ccccc1)C(=O)N1CCN(C=O)CC1. The number of hydrogen-bond donors (Lipinski definition) is 0. The van der Waals surface area contributed by atoms with E-state index in [2.05, 4.69) is 0 Å². The molecule has 0 aromatic heterocycles. The topological polar surface area (TPSA) is 40.6 Å². The summed E-state index contributed by atoms with van der Waals surface area (Å²) in [6, 6.07) is 9.94. The fourth-order valence-electron chi connectivity index (χ4n) is 2.06. The van der Waals surface area contributed by atoms with Crippen LogP contribution in [-0.4, -0.2) is 53.5 Å². The molecule has 0 saturated carbocycles. The number of rotatable bonds is 4. The number of carbonyl (C=O) groups is 2. The lowest BCUT2D eigenvalue weighted by molar-refractivity contribution is -0.134. The summed E-state index contributed by atoms with van der Waals surface area (Å²) in [7, 11) is 0. The molecule has 2 rings (SSSR count). The van der Waals surface area contributed by atoms with Crippen LogP contribution in [-0.2, 0) is 9.59 Å². The van der Waals surface area contributed by atoms with E-state index < -0.39 is 0 Å². The van der Waals surface area contributed by atoms with Crippen LogP contribution in [0.3, 0.4) is 0 Å². The fourth-order valence-corrected chi connectivity index (χ4v) is 3.03. The molecule has 1 aromatic rings. The van der Waals surface area contributed by atoms with Gasteiger partial charge in [-0.2, -0.15) is 0 Å². The maximum Gasteiger partial charge on any atom is 0.235 e. The van der Waals surface area contributed by atoms with Crippen molar-refractivity contribution < 1.29 is 9.59 Å². The zero-order valence-electron chi connectivity index (χ0n) is 11.0. The largest absolute Gasteiger partial charge is 0.342 e. The molecule has 0 radical (unpaired) electrons. The molecule has 1 saturated heterocycles. The van der Waals surface area contributed by atoms with Gasteiger partial charge in [-0.3, -0.25) is 9.59 Å². The Morgan fingerprint density at radius 1 is 1.21 bits per heavy atom. The minimum atomic E-state index is -0.0924. The molecule has 0 aliphatic carbocycles. The lowest BCUT2D eigenvalue weighted by Crippen LogP contribution is -2.50. The number of nitrogens with zero attached hydrogens (tertiary/aromatic N) is 2. The second kappa shape index (κ2) is 6.61. The Kier molecular flexibility index (Phi) is 4.85. The summed E-state index contributed by atoms with van der Waals surface area (Å²) in [6.45, 7) is 4.48. The van der Waals surface area contributed by atoms with Crippen LogP contribution in [0, 0.1) is 0 Å². The highest BCUT2D eigenvalue weighted by molar-refractivity contribution is 8.00. The molecule has 0 spiro atoms. The summed E-state index contributed by atoms with van der Waals surface area (Å²) < 4.78 is 0. The quantitative estimate of drug-likeness (QED) is 0.618. The summed E-state index contributed by atoms with van der Waals surface area (Å²) in [6.07, 6.45) is 0.851. The van der Waals surface area contributed by atoms with Crippen molar-refractivity contribution in [3.8, 4) is 0 Å². The Morgan fingerprint density at radius 3 is 2.42 bits per heavy atom. The van der Waals surface area contributed by atoms with Gasteiger partial charge in [0.05, 0.1) is 5.25 Å². The molecule has 2 amide bonds. The summed E-state index contributed by atoms with van der Waals surface area (Å²) in [5.74, 6) is 0.152. The Morgan fingerprint density at radius 2 is 1.84 bits per heavy atom. The third-order valence-corrected chi connectivity index (χ3v) is 4.28. The third-order valence-electron chi connectivity index (χ3n) is 3.18. The van der Waals surface area contributed by atoms with Gasteiger partial charge in [-0.05, 0) is 19.1 Å². The maximum absolute atomic E-state index is 12.3. The number of thioether (sulfide) groups is 1. The van der Waals surface area contributed by atoms with Crippen molar-refractivity contribution in [3.05, 3.63) is 30.3 Å². The third kappa shape index (κ3) is 3.73. The predicted molar refractivity (Wildman–Crippen MR) is 76.0 cm³/mol. The molecule has 1 aromatic carbocycles. The van der Waals surface area contributed by atoms with E-state index in [1.807, 2.05) is 42.2 Å². The van der Waals surface area contributed by atoms with E-state index in [-0.39, 0.29) is 11.2 Å². The monoisotopic (exact) mass is 278 g/mol. The van der Waals surface area contributed by atoms with Gasteiger partial charge in [0.2, 0.25) is 12.3 Å². The highest BCUT2D eigenvalue weighted by atomic mass is 32.2. The number of amides is 2. The summed E-state index contributed by atoms with van der Waals surface area (Å²) in [4.78, 5) is 27.6. The predicted octanol–water partition coefficient (Wildman–Crippen LogP) is 1.47. The zero-order valence-corrected chi connectivity index (χ0v) is 11.8. The minimum Gasteiger partial charge on any atom is -0.342 e. The second-order valence-electron chi connectivity index (χ2n) is 4.54. The van der Waals surface area contributed by atoms with Crippen molar-refractivity contribution in [2.24, 2.45) is 0 Å². The van der Waals surface area contributed by atoms with E-state index in [4.69, 9.17) is 0 Å². The van der Waals surface area contributed by atoms with Crippen molar-refractivity contribution in [3.63, 3.8) is 0 Å². The van der Waals surface area contributed by atoms with Crippen LogP contribution >= 0.6 is 11.8 Å². The first-order valence-electron chi connectivity index (χ1n) is 6.40.